The number of carbonyl (C=O) groups is 1. The van der Waals surface area contributed by atoms with Crippen molar-refractivity contribution in [2.75, 3.05) is 38.3 Å². The van der Waals surface area contributed by atoms with E-state index < -0.39 is 5.82 Å². The van der Waals surface area contributed by atoms with Crippen molar-refractivity contribution in [3.8, 4) is 17.0 Å². The van der Waals surface area contributed by atoms with Gasteiger partial charge in [-0.15, -0.1) is 0 Å². The van der Waals surface area contributed by atoms with E-state index in [0.29, 0.717) is 60.3 Å². The Morgan fingerprint density at radius 3 is 2.59 bits per heavy atom. The first-order valence-corrected chi connectivity index (χ1v) is 11.5. The molecule has 180 valence electrons. The van der Waals surface area contributed by atoms with Gasteiger partial charge in [0, 0.05) is 24.7 Å². The third-order valence-electron chi connectivity index (χ3n) is 6.24. The van der Waals surface area contributed by atoms with Gasteiger partial charge in [-0.3, -0.25) is 4.79 Å². The van der Waals surface area contributed by atoms with Crippen molar-refractivity contribution in [1.82, 2.24) is 10.1 Å². The average Bonchev–Trinajstić information content (AvgIpc) is 3.30. The lowest BCUT2D eigenvalue weighted by Gasteiger charge is -2.31. The lowest BCUT2D eigenvalue weighted by molar-refractivity contribution is 0.0668. The first-order chi connectivity index (χ1) is 16.5. The summed E-state index contributed by atoms with van der Waals surface area (Å²) in [6, 6.07) is 13.6. The number of amides is 1. The maximum atomic E-state index is 14.8. The lowest BCUT2D eigenvalue weighted by Crippen LogP contribution is -2.40. The molecule has 1 atom stereocenters. The number of para-hydroxylation sites is 1. The molecule has 34 heavy (non-hydrogen) atoms. The molecule has 0 aliphatic carbocycles. The van der Waals surface area contributed by atoms with E-state index >= 15 is 0 Å². The van der Waals surface area contributed by atoms with E-state index in [2.05, 4.69) is 5.16 Å². The van der Waals surface area contributed by atoms with Gasteiger partial charge in [0.1, 0.15) is 17.3 Å². The number of benzene rings is 2. The van der Waals surface area contributed by atoms with Gasteiger partial charge < -0.3 is 23.8 Å². The first-order valence-electron chi connectivity index (χ1n) is 11.5. The highest BCUT2D eigenvalue weighted by Gasteiger charge is 2.31. The molecule has 3 aromatic rings. The largest absolute Gasteiger partial charge is 0.496 e. The summed E-state index contributed by atoms with van der Waals surface area (Å²) in [5.74, 6) is 0.494. The van der Waals surface area contributed by atoms with Crippen LogP contribution in [-0.2, 0) is 11.3 Å². The summed E-state index contributed by atoms with van der Waals surface area (Å²) < 4.78 is 31.5. The zero-order valence-corrected chi connectivity index (χ0v) is 19.8. The molecular weight excluding hydrogens is 437 g/mol. The quantitative estimate of drug-likeness (QED) is 0.476. The van der Waals surface area contributed by atoms with Crippen LogP contribution in [0.15, 0.2) is 53.1 Å². The number of anilines is 1. The lowest BCUT2D eigenvalue weighted by atomic mass is 10.0. The highest BCUT2D eigenvalue weighted by atomic mass is 19.1. The van der Waals surface area contributed by atoms with Crippen LogP contribution < -0.4 is 9.64 Å². The van der Waals surface area contributed by atoms with Crippen LogP contribution in [0.3, 0.4) is 0 Å². The van der Waals surface area contributed by atoms with Crippen LogP contribution in [0.25, 0.3) is 11.3 Å². The zero-order chi connectivity index (χ0) is 24.1. The predicted octanol–water partition coefficient (Wildman–Crippen LogP) is 4.77. The Morgan fingerprint density at radius 2 is 1.88 bits per heavy atom. The van der Waals surface area contributed by atoms with Gasteiger partial charge in [0.25, 0.3) is 5.91 Å². The zero-order valence-electron chi connectivity index (χ0n) is 19.8. The molecule has 0 N–H and O–H groups in total. The van der Waals surface area contributed by atoms with Crippen molar-refractivity contribution in [2.45, 2.75) is 32.9 Å². The summed E-state index contributed by atoms with van der Waals surface area (Å²) in [6.07, 6.45) is 0.744. The molecule has 1 aliphatic rings. The summed E-state index contributed by atoms with van der Waals surface area (Å²) >= 11 is 0. The minimum absolute atomic E-state index is 0.0849. The molecule has 2 heterocycles. The normalized spacial score (nSPS) is 14.6. The Labute approximate surface area is 199 Å². The van der Waals surface area contributed by atoms with Crippen LogP contribution in [0.1, 0.15) is 36.2 Å². The molecule has 0 saturated carbocycles. The number of hydrogen-bond donors (Lipinski definition) is 0. The molecule has 1 aromatic heterocycles. The van der Waals surface area contributed by atoms with Crippen LogP contribution in [0.4, 0.5) is 10.3 Å². The minimum Gasteiger partial charge on any atom is -0.496 e. The molecule has 0 bridgehead atoms. The maximum absolute atomic E-state index is 14.8. The second-order valence-corrected chi connectivity index (χ2v) is 8.28. The molecular formula is C26H30FN3O4. The van der Waals surface area contributed by atoms with Crippen molar-refractivity contribution in [2.24, 2.45) is 0 Å². The summed E-state index contributed by atoms with van der Waals surface area (Å²) in [5.41, 5.74) is 1.90. The van der Waals surface area contributed by atoms with Crippen molar-refractivity contribution in [3.05, 3.63) is 65.5 Å². The van der Waals surface area contributed by atoms with Gasteiger partial charge in [-0.25, -0.2) is 4.39 Å². The van der Waals surface area contributed by atoms with E-state index in [9.17, 15) is 9.18 Å². The van der Waals surface area contributed by atoms with Crippen LogP contribution in [0.5, 0.6) is 5.75 Å². The maximum Gasteiger partial charge on any atom is 0.258 e. The van der Waals surface area contributed by atoms with Gasteiger partial charge in [0.2, 0.25) is 5.88 Å². The van der Waals surface area contributed by atoms with E-state index in [0.717, 1.165) is 6.42 Å². The third kappa shape index (κ3) is 4.77. The molecule has 1 unspecified atom stereocenters. The van der Waals surface area contributed by atoms with E-state index in [1.54, 1.807) is 42.3 Å². The van der Waals surface area contributed by atoms with E-state index in [1.807, 2.05) is 30.9 Å². The summed E-state index contributed by atoms with van der Waals surface area (Å²) in [4.78, 5) is 17.6. The molecule has 0 spiro atoms. The topological polar surface area (TPSA) is 68.0 Å². The highest BCUT2D eigenvalue weighted by Crippen LogP contribution is 2.35. The van der Waals surface area contributed by atoms with Gasteiger partial charge in [-0.1, -0.05) is 36.3 Å². The molecule has 1 amide bonds. The average molecular weight is 468 g/mol. The van der Waals surface area contributed by atoms with Crippen molar-refractivity contribution >= 4 is 11.8 Å². The second kappa shape index (κ2) is 10.7. The molecule has 8 heteroatoms. The molecule has 7 nitrogen and oxygen atoms in total. The van der Waals surface area contributed by atoms with Crippen molar-refractivity contribution in [3.63, 3.8) is 0 Å². The molecule has 4 rings (SSSR count). The summed E-state index contributed by atoms with van der Waals surface area (Å²) in [5, 5.41) is 4.27. The fourth-order valence-corrected chi connectivity index (χ4v) is 4.12. The number of halogens is 1. The number of methoxy groups -OCH3 is 1. The Morgan fingerprint density at radius 1 is 1.18 bits per heavy atom. The van der Waals surface area contributed by atoms with Gasteiger partial charge >= 0.3 is 0 Å². The molecule has 2 aromatic carbocycles. The molecule has 1 aliphatic heterocycles. The molecule has 0 radical (unpaired) electrons. The minimum atomic E-state index is -0.392. The SMILES string of the molecule is CCC(C)N(Cc1c(-c2ccccc2F)noc1N1CCOCC1)C(=O)c1ccccc1OC. The Bertz CT molecular complexity index is 1130. The second-order valence-electron chi connectivity index (χ2n) is 8.28. The van der Waals surface area contributed by atoms with Crippen LogP contribution in [-0.4, -0.2) is 55.4 Å². The first kappa shape index (κ1) is 23.8. The number of rotatable bonds is 8. The Balaban J connectivity index is 1.79. The molecule has 1 fully saturated rings. The van der Waals surface area contributed by atoms with Crippen LogP contribution in [0, 0.1) is 5.82 Å². The number of aromatic nitrogens is 1. The van der Waals surface area contributed by atoms with E-state index in [1.165, 1.54) is 6.07 Å². The van der Waals surface area contributed by atoms with Crippen LogP contribution >= 0.6 is 0 Å². The summed E-state index contributed by atoms with van der Waals surface area (Å²) in [6.45, 7) is 6.62. The van der Waals surface area contributed by atoms with Crippen LogP contribution in [0.2, 0.25) is 0 Å². The fourth-order valence-electron chi connectivity index (χ4n) is 4.12. The van der Waals surface area contributed by atoms with Crippen molar-refractivity contribution < 1.29 is 23.2 Å². The predicted molar refractivity (Wildman–Crippen MR) is 128 cm³/mol. The van der Waals surface area contributed by atoms with Gasteiger partial charge in [-0.2, -0.15) is 0 Å². The Hall–Kier alpha value is -3.39. The Kier molecular flexibility index (Phi) is 7.47. The monoisotopic (exact) mass is 467 g/mol. The van der Waals surface area contributed by atoms with Gasteiger partial charge in [0.15, 0.2) is 0 Å². The van der Waals surface area contributed by atoms with E-state index in [-0.39, 0.29) is 18.5 Å². The number of morpholine rings is 1. The number of nitrogens with zero attached hydrogens (tertiary/aromatic N) is 3. The smallest absolute Gasteiger partial charge is 0.258 e. The van der Waals surface area contributed by atoms with Gasteiger partial charge in [-0.05, 0) is 37.6 Å². The fraction of sp³-hybridized carbons (Fsp3) is 0.385. The summed E-state index contributed by atoms with van der Waals surface area (Å²) in [7, 11) is 1.55. The number of ether oxygens (including phenoxy) is 2. The third-order valence-corrected chi connectivity index (χ3v) is 6.24. The number of hydrogen-bond acceptors (Lipinski definition) is 6. The van der Waals surface area contributed by atoms with E-state index in [4.69, 9.17) is 14.0 Å². The number of carbonyl (C=O) groups excluding carboxylic acids is 1. The highest BCUT2D eigenvalue weighted by molar-refractivity contribution is 5.97. The van der Waals surface area contributed by atoms with Gasteiger partial charge in [0.05, 0.1) is 38.0 Å². The standard InChI is InChI=1S/C26H30FN3O4/c1-4-18(2)30(25(31)20-10-6-8-12-23(20)32-3)17-21-24(19-9-5-7-11-22(19)27)28-34-26(21)29-13-15-33-16-14-29/h5-12,18H,4,13-17H2,1-3H3. The molecule has 1 saturated heterocycles. The van der Waals surface area contributed by atoms with Crippen molar-refractivity contribution in [1.29, 1.82) is 0 Å².